The molecule has 0 aliphatic carbocycles. The van der Waals surface area contributed by atoms with Crippen molar-refractivity contribution in [3.63, 3.8) is 0 Å². The Balaban J connectivity index is 1.88. The Labute approximate surface area is 145 Å². The van der Waals surface area contributed by atoms with E-state index in [1.54, 1.807) is 0 Å². The maximum atomic E-state index is 11.3. The summed E-state index contributed by atoms with van der Waals surface area (Å²) in [5.74, 6) is 0.616. The molecule has 2 rings (SSSR count). The van der Waals surface area contributed by atoms with Crippen molar-refractivity contribution in [2.24, 2.45) is 0 Å². The minimum Gasteiger partial charge on any atom is -0.466 e. The fourth-order valence-corrected chi connectivity index (χ4v) is 2.59. The van der Waals surface area contributed by atoms with Gasteiger partial charge in [-0.15, -0.1) is 0 Å². The number of unbranched alkanes of at least 4 members (excludes halogenated alkanes) is 2. The van der Waals surface area contributed by atoms with E-state index in [1.807, 2.05) is 31.2 Å². The van der Waals surface area contributed by atoms with Gasteiger partial charge < -0.3 is 9.15 Å². The molecule has 6 heteroatoms. The van der Waals surface area contributed by atoms with Crippen LogP contribution in [0.4, 0.5) is 0 Å². The van der Waals surface area contributed by atoms with Crippen molar-refractivity contribution >= 4 is 29.2 Å². The van der Waals surface area contributed by atoms with E-state index in [2.05, 4.69) is 4.98 Å². The Morgan fingerprint density at radius 1 is 1.17 bits per heavy atom. The Kier molecular flexibility index (Phi) is 6.93. The normalized spacial score (nSPS) is 10.7. The van der Waals surface area contributed by atoms with Gasteiger partial charge in [-0.2, -0.15) is 4.98 Å². The predicted molar refractivity (Wildman–Crippen MR) is 90.8 cm³/mol. The molecule has 0 N–H and O–H groups in total. The molecule has 0 atom stereocenters. The first-order chi connectivity index (χ1) is 11.1. The highest BCUT2D eigenvalue weighted by Gasteiger charge is 2.14. The average Bonchev–Trinajstić information content (AvgIpc) is 2.89. The van der Waals surface area contributed by atoms with Crippen LogP contribution < -0.4 is 0 Å². The summed E-state index contributed by atoms with van der Waals surface area (Å²) in [6.07, 6.45) is 3.79. The molecular weight excluding hydrogens is 337 g/mol. The molecule has 0 radical (unpaired) electrons. The van der Waals surface area contributed by atoms with Gasteiger partial charge in [0, 0.05) is 23.4 Å². The Morgan fingerprint density at radius 2 is 1.91 bits per heavy atom. The van der Waals surface area contributed by atoms with E-state index in [0.29, 0.717) is 18.1 Å². The number of halogens is 2. The zero-order chi connectivity index (χ0) is 16.7. The molecule has 23 heavy (non-hydrogen) atoms. The number of aromatic nitrogens is 1. The largest absolute Gasteiger partial charge is 0.466 e. The van der Waals surface area contributed by atoms with E-state index in [0.717, 1.165) is 42.7 Å². The first-order valence-corrected chi connectivity index (χ1v) is 8.42. The van der Waals surface area contributed by atoms with Crippen molar-refractivity contribution in [1.82, 2.24) is 4.98 Å². The molecular formula is C17H19Cl2NO3. The van der Waals surface area contributed by atoms with E-state index < -0.39 is 0 Å². The summed E-state index contributed by atoms with van der Waals surface area (Å²) in [6.45, 7) is 2.24. The molecule has 0 saturated carbocycles. The summed E-state index contributed by atoms with van der Waals surface area (Å²) >= 11 is 11.8. The Bertz CT molecular complexity index is 638. The molecule has 1 aromatic carbocycles. The molecule has 0 fully saturated rings. The fourth-order valence-electron chi connectivity index (χ4n) is 2.29. The summed E-state index contributed by atoms with van der Waals surface area (Å²) in [5, 5.41) is 0.806. The second-order valence-electron chi connectivity index (χ2n) is 5.11. The van der Waals surface area contributed by atoms with Crippen LogP contribution in [0, 0.1) is 0 Å². The minimum absolute atomic E-state index is 0.136. The molecule has 1 aromatic heterocycles. The van der Waals surface area contributed by atoms with E-state index in [4.69, 9.17) is 32.4 Å². The number of oxazole rings is 1. The molecule has 0 unspecified atom stereocenters. The monoisotopic (exact) mass is 355 g/mol. The topological polar surface area (TPSA) is 52.3 Å². The zero-order valence-electron chi connectivity index (χ0n) is 13.0. The maximum absolute atomic E-state index is 11.3. The number of aryl methyl sites for hydroxylation is 1. The van der Waals surface area contributed by atoms with Gasteiger partial charge in [0.1, 0.15) is 11.5 Å². The van der Waals surface area contributed by atoms with Crippen LogP contribution in [0.2, 0.25) is 10.4 Å². The first-order valence-electron chi connectivity index (χ1n) is 7.67. The third-order valence-electron chi connectivity index (χ3n) is 3.38. The summed E-state index contributed by atoms with van der Waals surface area (Å²) in [5.41, 5.74) is 1.67. The van der Waals surface area contributed by atoms with Gasteiger partial charge in [-0.1, -0.05) is 30.2 Å². The molecule has 1 heterocycles. The number of benzene rings is 1. The molecule has 4 nitrogen and oxygen atoms in total. The van der Waals surface area contributed by atoms with Crippen molar-refractivity contribution < 1.29 is 13.9 Å². The summed E-state index contributed by atoms with van der Waals surface area (Å²) in [4.78, 5) is 15.5. The molecule has 0 aliphatic heterocycles. The SMILES string of the molecule is CCOC(=O)CCCCCc1oc(Cl)nc1-c1ccc(Cl)cc1. The molecule has 124 valence electrons. The second kappa shape index (κ2) is 8.94. The van der Waals surface area contributed by atoms with Gasteiger partial charge in [0.25, 0.3) is 5.35 Å². The third kappa shape index (κ3) is 5.56. The average molecular weight is 356 g/mol. The van der Waals surface area contributed by atoms with Crippen molar-refractivity contribution in [1.29, 1.82) is 0 Å². The number of esters is 1. The number of ether oxygens (including phenoxy) is 1. The van der Waals surface area contributed by atoms with E-state index in [9.17, 15) is 4.79 Å². The Morgan fingerprint density at radius 3 is 2.61 bits per heavy atom. The van der Waals surface area contributed by atoms with Crippen LogP contribution >= 0.6 is 23.2 Å². The lowest BCUT2D eigenvalue weighted by atomic mass is 10.1. The summed E-state index contributed by atoms with van der Waals surface area (Å²) in [6, 6.07) is 7.40. The van der Waals surface area contributed by atoms with E-state index >= 15 is 0 Å². The van der Waals surface area contributed by atoms with Gasteiger partial charge in [0.05, 0.1) is 6.61 Å². The lowest BCUT2D eigenvalue weighted by Gasteiger charge is -2.03. The summed E-state index contributed by atoms with van der Waals surface area (Å²) in [7, 11) is 0. The molecule has 2 aromatic rings. The zero-order valence-corrected chi connectivity index (χ0v) is 14.5. The smallest absolute Gasteiger partial charge is 0.305 e. The van der Waals surface area contributed by atoms with Gasteiger partial charge >= 0.3 is 5.97 Å². The van der Waals surface area contributed by atoms with Gasteiger partial charge in [-0.3, -0.25) is 4.79 Å². The Hall–Kier alpha value is -1.52. The van der Waals surface area contributed by atoms with E-state index in [1.165, 1.54) is 0 Å². The molecule has 0 aliphatic rings. The molecule has 0 spiro atoms. The number of nitrogens with zero attached hydrogens (tertiary/aromatic N) is 1. The van der Waals surface area contributed by atoms with Crippen molar-refractivity contribution in [2.75, 3.05) is 6.61 Å². The van der Waals surface area contributed by atoms with Crippen molar-refractivity contribution in [2.45, 2.75) is 39.0 Å². The number of hydrogen-bond acceptors (Lipinski definition) is 4. The second-order valence-corrected chi connectivity index (χ2v) is 5.87. The lowest BCUT2D eigenvalue weighted by molar-refractivity contribution is -0.143. The van der Waals surface area contributed by atoms with E-state index in [-0.39, 0.29) is 11.3 Å². The van der Waals surface area contributed by atoms with Crippen LogP contribution in [0.5, 0.6) is 0 Å². The first kappa shape index (κ1) is 17.8. The van der Waals surface area contributed by atoms with Crippen molar-refractivity contribution in [3.8, 4) is 11.3 Å². The minimum atomic E-state index is -0.142. The number of rotatable bonds is 8. The maximum Gasteiger partial charge on any atom is 0.305 e. The lowest BCUT2D eigenvalue weighted by Crippen LogP contribution is -2.03. The van der Waals surface area contributed by atoms with Crippen LogP contribution in [-0.4, -0.2) is 17.6 Å². The van der Waals surface area contributed by atoms with Gasteiger partial charge in [-0.05, 0) is 43.5 Å². The van der Waals surface area contributed by atoms with Crippen LogP contribution in [0.1, 0.15) is 38.4 Å². The highest BCUT2D eigenvalue weighted by Crippen LogP contribution is 2.28. The third-order valence-corrected chi connectivity index (χ3v) is 3.79. The standard InChI is InChI=1S/C17H19Cl2NO3/c1-2-22-15(21)7-5-3-4-6-14-16(20-17(19)23-14)12-8-10-13(18)11-9-12/h8-11H,2-7H2,1H3. The number of carbonyl (C=O) groups excluding carboxylic acids is 1. The highest BCUT2D eigenvalue weighted by molar-refractivity contribution is 6.30. The van der Waals surface area contributed by atoms with Crippen LogP contribution in [0.25, 0.3) is 11.3 Å². The number of hydrogen-bond donors (Lipinski definition) is 0. The van der Waals surface area contributed by atoms with Crippen LogP contribution in [0.15, 0.2) is 28.7 Å². The molecule has 0 bridgehead atoms. The number of carbonyl (C=O) groups is 1. The predicted octanol–water partition coefficient (Wildman–Crippen LogP) is 5.31. The van der Waals surface area contributed by atoms with Gasteiger partial charge in [0.2, 0.25) is 0 Å². The fraction of sp³-hybridized carbons (Fsp3) is 0.412. The van der Waals surface area contributed by atoms with Gasteiger partial charge in [0.15, 0.2) is 0 Å². The highest BCUT2D eigenvalue weighted by atomic mass is 35.5. The van der Waals surface area contributed by atoms with Crippen LogP contribution in [-0.2, 0) is 16.0 Å². The molecule has 0 saturated heterocycles. The summed E-state index contributed by atoms with van der Waals surface area (Å²) < 4.78 is 10.4. The quantitative estimate of drug-likeness (QED) is 0.475. The molecule has 0 amide bonds. The van der Waals surface area contributed by atoms with Gasteiger partial charge in [-0.25, -0.2) is 0 Å². The van der Waals surface area contributed by atoms with Crippen LogP contribution in [0.3, 0.4) is 0 Å². The van der Waals surface area contributed by atoms with Crippen molar-refractivity contribution in [3.05, 3.63) is 40.4 Å².